The standard InChI is InChI=1S/C23H23NO4S/c1-26-20-12-15(18-14-29-21-7-3-2-5-17(18)21)11-16-13-24(8-10-28-22(16)20)23(25)19-6-4-9-27-19/h2-3,5,7,11-12,14,19H,4,6,8-10,13H2,1H3/t19-/m1/s1. The summed E-state index contributed by atoms with van der Waals surface area (Å²) in [6.07, 6.45) is 1.43. The van der Waals surface area contributed by atoms with Crippen molar-refractivity contribution in [2.45, 2.75) is 25.5 Å². The number of ether oxygens (including phenoxy) is 3. The predicted molar refractivity (Wildman–Crippen MR) is 114 cm³/mol. The molecule has 29 heavy (non-hydrogen) atoms. The molecule has 0 spiro atoms. The molecule has 0 N–H and O–H groups in total. The molecule has 0 saturated carbocycles. The summed E-state index contributed by atoms with van der Waals surface area (Å²) < 4.78 is 18.6. The third-order valence-corrected chi connectivity index (χ3v) is 6.59. The van der Waals surface area contributed by atoms with Crippen molar-refractivity contribution in [3.63, 3.8) is 0 Å². The minimum atomic E-state index is -0.317. The van der Waals surface area contributed by atoms with Crippen molar-refractivity contribution in [1.82, 2.24) is 4.90 Å². The molecule has 1 saturated heterocycles. The van der Waals surface area contributed by atoms with Crippen LogP contribution in [-0.4, -0.2) is 43.8 Å². The van der Waals surface area contributed by atoms with Gasteiger partial charge in [0.25, 0.3) is 5.91 Å². The van der Waals surface area contributed by atoms with Crippen LogP contribution in [0.15, 0.2) is 41.8 Å². The second-order valence-electron chi connectivity index (χ2n) is 7.42. The van der Waals surface area contributed by atoms with E-state index in [1.165, 1.54) is 15.6 Å². The Balaban J connectivity index is 1.54. The van der Waals surface area contributed by atoms with Gasteiger partial charge in [-0.15, -0.1) is 11.3 Å². The molecule has 3 aromatic rings. The minimum Gasteiger partial charge on any atom is -0.493 e. The molecule has 1 atom stereocenters. The molecule has 0 bridgehead atoms. The maximum atomic E-state index is 12.9. The number of rotatable bonds is 3. The number of amides is 1. The molecule has 0 radical (unpaired) electrons. The van der Waals surface area contributed by atoms with Gasteiger partial charge in [0, 0.05) is 34.4 Å². The number of carbonyl (C=O) groups excluding carboxylic acids is 1. The van der Waals surface area contributed by atoms with Crippen LogP contribution in [0.1, 0.15) is 18.4 Å². The zero-order valence-corrected chi connectivity index (χ0v) is 17.2. The molecule has 2 aromatic carbocycles. The highest BCUT2D eigenvalue weighted by Gasteiger charge is 2.31. The number of thiophene rings is 1. The monoisotopic (exact) mass is 409 g/mol. The lowest BCUT2D eigenvalue weighted by Gasteiger charge is -2.23. The van der Waals surface area contributed by atoms with Gasteiger partial charge >= 0.3 is 0 Å². The maximum absolute atomic E-state index is 12.9. The lowest BCUT2D eigenvalue weighted by molar-refractivity contribution is -0.141. The topological polar surface area (TPSA) is 48.0 Å². The number of hydrogen-bond acceptors (Lipinski definition) is 5. The summed E-state index contributed by atoms with van der Waals surface area (Å²) in [7, 11) is 1.66. The summed E-state index contributed by atoms with van der Waals surface area (Å²) in [6.45, 7) is 2.16. The van der Waals surface area contributed by atoms with Crippen LogP contribution in [0.2, 0.25) is 0 Å². The van der Waals surface area contributed by atoms with E-state index >= 15 is 0 Å². The van der Waals surface area contributed by atoms with Crippen molar-refractivity contribution in [1.29, 1.82) is 0 Å². The number of methoxy groups -OCH3 is 1. The van der Waals surface area contributed by atoms with Crippen molar-refractivity contribution in [3.8, 4) is 22.6 Å². The van der Waals surface area contributed by atoms with Crippen molar-refractivity contribution in [2.24, 2.45) is 0 Å². The Hall–Kier alpha value is -2.57. The van der Waals surface area contributed by atoms with Gasteiger partial charge in [-0.3, -0.25) is 4.79 Å². The van der Waals surface area contributed by atoms with Crippen LogP contribution in [0.3, 0.4) is 0 Å². The number of benzene rings is 2. The Labute approximate surface area is 173 Å². The fourth-order valence-electron chi connectivity index (χ4n) is 4.16. The van der Waals surface area contributed by atoms with E-state index in [9.17, 15) is 4.79 Å². The van der Waals surface area contributed by atoms with E-state index < -0.39 is 0 Å². The summed E-state index contributed by atoms with van der Waals surface area (Å²) in [5, 5.41) is 3.40. The van der Waals surface area contributed by atoms with Crippen molar-refractivity contribution in [2.75, 3.05) is 26.9 Å². The average Bonchev–Trinajstić information content (AvgIpc) is 3.38. The average molecular weight is 410 g/mol. The fourth-order valence-corrected chi connectivity index (χ4v) is 5.13. The van der Waals surface area contributed by atoms with Gasteiger partial charge in [-0.25, -0.2) is 0 Å². The first-order valence-corrected chi connectivity index (χ1v) is 10.8. The minimum absolute atomic E-state index is 0.0595. The molecule has 2 aliphatic rings. The third-order valence-electron chi connectivity index (χ3n) is 5.63. The van der Waals surface area contributed by atoms with E-state index in [1.807, 2.05) is 11.0 Å². The zero-order valence-electron chi connectivity index (χ0n) is 16.3. The quantitative estimate of drug-likeness (QED) is 0.640. The number of fused-ring (bicyclic) bond motifs is 2. The molecular formula is C23H23NO4S. The Morgan fingerprint density at radius 3 is 2.97 bits per heavy atom. The lowest BCUT2D eigenvalue weighted by atomic mass is 10.0. The fraction of sp³-hybridized carbons (Fsp3) is 0.348. The Kier molecular flexibility index (Phi) is 4.89. The van der Waals surface area contributed by atoms with Gasteiger partial charge in [-0.2, -0.15) is 0 Å². The second kappa shape index (κ2) is 7.69. The Bertz CT molecular complexity index is 1050. The molecule has 6 heteroatoms. The molecule has 1 aromatic heterocycles. The van der Waals surface area contributed by atoms with Gasteiger partial charge in [-0.1, -0.05) is 18.2 Å². The largest absolute Gasteiger partial charge is 0.493 e. The summed E-state index contributed by atoms with van der Waals surface area (Å²) in [5.41, 5.74) is 3.22. The van der Waals surface area contributed by atoms with Gasteiger partial charge in [-0.05, 0) is 42.0 Å². The summed E-state index contributed by atoms with van der Waals surface area (Å²) >= 11 is 1.73. The molecule has 0 aliphatic carbocycles. The normalized spacial score (nSPS) is 18.9. The van der Waals surface area contributed by atoms with Crippen LogP contribution in [0.4, 0.5) is 0 Å². The molecule has 150 valence electrons. The van der Waals surface area contributed by atoms with E-state index in [2.05, 4.69) is 35.7 Å². The van der Waals surface area contributed by atoms with Crippen molar-refractivity contribution in [3.05, 3.63) is 47.3 Å². The first-order chi connectivity index (χ1) is 14.2. The van der Waals surface area contributed by atoms with Crippen LogP contribution < -0.4 is 9.47 Å². The first kappa shape index (κ1) is 18.5. The molecule has 2 aliphatic heterocycles. The predicted octanol–water partition coefficient (Wildman–Crippen LogP) is 4.48. The number of hydrogen-bond donors (Lipinski definition) is 0. The van der Waals surface area contributed by atoms with E-state index in [0.717, 1.165) is 29.7 Å². The molecular weight excluding hydrogens is 386 g/mol. The Morgan fingerprint density at radius 1 is 1.24 bits per heavy atom. The van der Waals surface area contributed by atoms with Crippen LogP contribution in [-0.2, 0) is 16.1 Å². The summed E-state index contributed by atoms with van der Waals surface area (Å²) in [4.78, 5) is 14.8. The maximum Gasteiger partial charge on any atom is 0.252 e. The van der Waals surface area contributed by atoms with Gasteiger partial charge < -0.3 is 19.1 Å². The zero-order chi connectivity index (χ0) is 19.8. The Morgan fingerprint density at radius 2 is 2.14 bits per heavy atom. The highest BCUT2D eigenvalue weighted by Crippen LogP contribution is 2.41. The van der Waals surface area contributed by atoms with Gasteiger partial charge in [0.05, 0.1) is 13.7 Å². The smallest absolute Gasteiger partial charge is 0.252 e. The first-order valence-electron chi connectivity index (χ1n) is 9.95. The summed E-state index contributed by atoms with van der Waals surface area (Å²) in [6, 6.07) is 12.6. The molecule has 0 unspecified atom stereocenters. The van der Waals surface area contributed by atoms with Crippen LogP contribution in [0.25, 0.3) is 21.2 Å². The highest BCUT2D eigenvalue weighted by atomic mass is 32.1. The molecule has 1 amide bonds. The van der Waals surface area contributed by atoms with Crippen molar-refractivity contribution < 1.29 is 19.0 Å². The number of carbonyl (C=O) groups is 1. The van der Waals surface area contributed by atoms with Gasteiger partial charge in [0.2, 0.25) is 0 Å². The highest BCUT2D eigenvalue weighted by molar-refractivity contribution is 7.17. The van der Waals surface area contributed by atoms with Gasteiger partial charge in [0.1, 0.15) is 12.7 Å². The van der Waals surface area contributed by atoms with E-state index in [4.69, 9.17) is 14.2 Å². The van der Waals surface area contributed by atoms with E-state index in [0.29, 0.717) is 32.1 Å². The van der Waals surface area contributed by atoms with E-state index in [1.54, 1.807) is 18.4 Å². The van der Waals surface area contributed by atoms with E-state index in [-0.39, 0.29) is 12.0 Å². The number of nitrogens with zero attached hydrogens (tertiary/aromatic N) is 1. The summed E-state index contributed by atoms with van der Waals surface area (Å²) in [5.74, 6) is 1.50. The van der Waals surface area contributed by atoms with Crippen molar-refractivity contribution >= 4 is 27.3 Å². The molecule has 5 nitrogen and oxygen atoms in total. The lowest BCUT2D eigenvalue weighted by Crippen LogP contribution is -2.39. The van der Waals surface area contributed by atoms with Gasteiger partial charge in [0.15, 0.2) is 11.5 Å². The SMILES string of the molecule is COc1cc(-c2csc3ccccc23)cc2c1OCCN(C(=O)[C@H]1CCCO1)C2. The van der Waals surface area contributed by atoms with Crippen LogP contribution >= 0.6 is 11.3 Å². The molecule has 5 rings (SSSR count). The molecule has 3 heterocycles. The third kappa shape index (κ3) is 3.36. The molecule has 1 fully saturated rings. The van der Waals surface area contributed by atoms with Crippen LogP contribution in [0, 0.1) is 0 Å². The van der Waals surface area contributed by atoms with Crippen LogP contribution in [0.5, 0.6) is 11.5 Å². The second-order valence-corrected chi connectivity index (χ2v) is 8.33.